The third-order valence-electron chi connectivity index (χ3n) is 2.77. The molecule has 18 heavy (non-hydrogen) atoms. The first-order chi connectivity index (χ1) is 8.58. The Hall–Kier alpha value is -1.31. The highest BCUT2D eigenvalue weighted by Gasteiger charge is 2.03. The predicted molar refractivity (Wildman–Crippen MR) is 80.9 cm³/mol. The highest BCUT2D eigenvalue weighted by atomic mass is 16.5. The number of unbranched alkanes of at least 4 members (excludes halogenated alkanes) is 1. The van der Waals surface area contributed by atoms with Gasteiger partial charge in [-0.3, -0.25) is 0 Å². The van der Waals surface area contributed by atoms with E-state index in [1.54, 1.807) is 7.11 Å². The molecule has 0 unspecified atom stereocenters. The molecule has 0 spiro atoms. The zero-order valence-electron chi connectivity index (χ0n) is 12.7. The van der Waals surface area contributed by atoms with Gasteiger partial charge >= 0.3 is 0 Å². The van der Waals surface area contributed by atoms with Crippen LogP contribution in [-0.4, -0.2) is 13.0 Å². The molecule has 2 nitrogen and oxygen atoms in total. The van der Waals surface area contributed by atoms with E-state index in [1.807, 2.05) is 6.92 Å². The van der Waals surface area contributed by atoms with E-state index in [0.717, 1.165) is 25.0 Å². The van der Waals surface area contributed by atoms with Gasteiger partial charge in [-0.05, 0) is 32.3 Å². The lowest BCUT2D eigenvalue weighted by Crippen LogP contribution is -1.97. The van der Waals surface area contributed by atoms with Crippen LogP contribution in [0.15, 0.2) is 40.1 Å². The fraction of sp³-hybridized carbons (Fsp3) is 0.562. The molecule has 0 aliphatic heterocycles. The molecule has 0 aromatic carbocycles. The van der Waals surface area contributed by atoms with Crippen molar-refractivity contribution in [3.63, 3.8) is 0 Å². The van der Waals surface area contributed by atoms with Crippen LogP contribution in [0, 0.1) is 0 Å². The molecule has 0 aromatic rings. The van der Waals surface area contributed by atoms with Crippen LogP contribution in [0.2, 0.25) is 0 Å². The van der Waals surface area contributed by atoms with E-state index in [1.165, 1.54) is 11.1 Å². The lowest BCUT2D eigenvalue weighted by atomic mass is 10.1. The molecule has 0 fully saturated rings. The molecule has 0 radical (unpaired) electrons. The number of rotatable bonds is 6. The molecule has 102 valence electrons. The summed E-state index contributed by atoms with van der Waals surface area (Å²) in [7, 11) is 1.66. The Labute approximate surface area is 112 Å². The number of hydrogen-bond acceptors (Lipinski definition) is 2. The van der Waals surface area contributed by atoms with Crippen molar-refractivity contribution in [1.82, 2.24) is 0 Å². The fourth-order valence-electron chi connectivity index (χ4n) is 1.46. The quantitative estimate of drug-likeness (QED) is 0.367. The fourth-order valence-corrected chi connectivity index (χ4v) is 1.46. The van der Waals surface area contributed by atoms with Gasteiger partial charge in [0.25, 0.3) is 0 Å². The smallest absolute Gasteiger partial charge is 0.184 e. The summed E-state index contributed by atoms with van der Waals surface area (Å²) in [4.78, 5) is 4.55. The van der Waals surface area contributed by atoms with Crippen molar-refractivity contribution >= 4 is 5.90 Å². The van der Waals surface area contributed by atoms with Crippen LogP contribution in [0.25, 0.3) is 0 Å². The molecule has 0 N–H and O–H groups in total. The Kier molecular flexibility index (Phi) is 8.99. The molecule has 0 aromatic heterocycles. The first kappa shape index (κ1) is 16.7. The molecule has 0 heterocycles. The van der Waals surface area contributed by atoms with Crippen molar-refractivity contribution in [2.45, 2.75) is 53.9 Å². The van der Waals surface area contributed by atoms with Crippen molar-refractivity contribution in [2.75, 3.05) is 7.11 Å². The zero-order valence-corrected chi connectivity index (χ0v) is 12.7. The second-order valence-electron chi connectivity index (χ2n) is 4.27. The summed E-state index contributed by atoms with van der Waals surface area (Å²) in [5, 5.41) is 0. The molecule has 0 bridgehead atoms. The monoisotopic (exact) mass is 249 g/mol. The van der Waals surface area contributed by atoms with E-state index in [2.05, 4.69) is 50.9 Å². The SMILES string of the molecule is C/C=C(C)\C=C(\CC)C(=CCCC)N=C(C)OC. The van der Waals surface area contributed by atoms with Crippen molar-refractivity contribution in [3.05, 3.63) is 35.1 Å². The molecular formula is C16H27NO. The lowest BCUT2D eigenvalue weighted by molar-refractivity contribution is 0.399. The topological polar surface area (TPSA) is 21.6 Å². The van der Waals surface area contributed by atoms with Crippen molar-refractivity contribution in [1.29, 1.82) is 0 Å². The van der Waals surface area contributed by atoms with Crippen molar-refractivity contribution in [2.24, 2.45) is 4.99 Å². The second-order valence-corrected chi connectivity index (χ2v) is 4.27. The number of ether oxygens (including phenoxy) is 1. The Bertz CT molecular complexity index is 359. The highest BCUT2D eigenvalue weighted by molar-refractivity contribution is 5.74. The van der Waals surface area contributed by atoms with Crippen LogP contribution < -0.4 is 0 Å². The summed E-state index contributed by atoms with van der Waals surface area (Å²) in [6.07, 6.45) is 9.66. The van der Waals surface area contributed by atoms with Gasteiger partial charge in [-0.25, -0.2) is 4.99 Å². The van der Waals surface area contributed by atoms with Crippen LogP contribution in [0.5, 0.6) is 0 Å². The summed E-state index contributed by atoms with van der Waals surface area (Å²) in [6.45, 7) is 10.4. The van der Waals surface area contributed by atoms with Crippen molar-refractivity contribution in [3.8, 4) is 0 Å². The van der Waals surface area contributed by atoms with Crippen LogP contribution in [-0.2, 0) is 4.74 Å². The van der Waals surface area contributed by atoms with E-state index < -0.39 is 0 Å². The first-order valence-electron chi connectivity index (χ1n) is 6.72. The molecular weight excluding hydrogens is 222 g/mol. The standard InChI is InChI=1S/C16H27NO/c1-7-10-11-16(17-14(5)18-6)15(9-3)12-13(4)8-2/h8,11-12H,7,9-10H2,1-6H3/b13-8-,15-12-,16-11?,17-14?. The third kappa shape index (κ3) is 6.43. The van der Waals surface area contributed by atoms with Crippen LogP contribution in [0.1, 0.15) is 53.9 Å². The Morgan fingerprint density at radius 2 is 1.89 bits per heavy atom. The van der Waals surface area contributed by atoms with Gasteiger partial charge in [-0.1, -0.05) is 44.1 Å². The average molecular weight is 249 g/mol. The van der Waals surface area contributed by atoms with Gasteiger partial charge in [0, 0.05) is 6.92 Å². The minimum absolute atomic E-state index is 0.704. The average Bonchev–Trinajstić information content (AvgIpc) is 2.40. The normalized spacial score (nSPS) is 15.0. The van der Waals surface area contributed by atoms with E-state index >= 15 is 0 Å². The van der Waals surface area contributed by atoms with Gasteiger partial charge in [-0.2, -0.15) is 0 Å². The Morgan fingerprint density at radius 1 is 1.22 bits per heavy atom. The van der Waals surface area contributed by atoms with Gasteiger partial charge in [-0.15, -0.1) is 0 Å². The minimum Gasteiger partial charge on any atom is -0.484 e. The molecule has 2 heteroatoms. The van der Waals surface area contributed by atoms with E-state index in [9.17, 15) is 0 Å². The lowest BCUT2D eigenvalue weighted by Gasteiger charge is -2.08. The molecule has 0 atom stereocenters. The Morgan fingerprint density at radius 3 is 2.33 bits per heavy atom. The third-order valence-corrected chi connectivity index (χ3v) is 2.77. The van der Waals surface area contributed by atoms with Crippen LogP contribution >= 0.6 is 0 Å². The highest BCUT2D eigenvalue weighted by Crippen LogP contribution is 2.19. The second kappa shape index (κ2) is 9.69. The maximum Gasteiger partial charge on any atom is 0.184 e. The maximum absolute atomic E-state index is 5.15. The number of aliphatic imine (C=N–C) groups is 1. The molecule has 0 aliphatic carbocycles. The van der Waals surface area contributed by atoms with Gasteiger partial charge in [0.1, 0.15) is 0 Å². The van der Waals surface area contributed by atoms with Gasteiger partial charge < -0.3 is 4.74 Å². The number of hydrogen-bond donors (Lipinski definition) is 0. The number of nitrogens with zero attached hydrogens (tertiary/aromatic N) is 1. The van der Waals surface area contributed by atoms with Gasteiger partial charge in [0.2, 0.25) is 0 Å². The molecule has 0 amide bonds. The molecule has 0 rings (SSSR count). The van der Waals surface area contributed by atoms with Crippen molar-refractivity contribution < 1.29 is 4.74 Å². The molecule has 0 saturated carbocycles. The van der Waals surface area contributed by atoms with E-state index in [0.29, 0.717) is 5.90 Å². The van der Waals surface area contributed by atoms with Crippen LogP contribution in [0.4, 0.5) is 0 Å². The summed E-state index contributed by atoms with van der Waals surface area (Å²) in [5.41, 5.74) is 3.56. The number of methoxy groups -OCH3 is 1. The minimum atomic E-state index is 0.704. The van der Waals surface area contributed by atoms with Gasteiger partial charge in [0.15, 0.2) is 5.90 Å². The largest absolute Gasteiger partial charge is 0.484 e. The van der Waals surface area contributed by atoms with Crippen LogP contribution in [0.3, 0.4) is 0 Å². The van der Waals surface area contributed by atoms with E-state index in [4.69, 9.17) is 4.74 Å². The number of allylic oxidation sites excluding steroid dienone is 5. The van der Waals surface area contributed by atoms with Gasteiger partial charge in [0.05, 0.1) is 12.8 Å². The first-order valence-corrected chi connectivity index (χ1v) is 6.72. The maximum atomic E-state index is 5.15. The zero-order chi connectivity index (χ0) is 14.0. The molecule has 0 aliphatic rings. The summed E-state index contributed by atoms with van der Waals surface area (Å²) >= 11 is 0. The predicted octanol–water partition coefficient (Wildman–Crippen LogP) is 5.04. The molecule has 0 saturated heterocycles. The Balaban J connectivity index is 5.34. The summed E-state index contributed by atoms with van der Waals surface area (Å²) in [6, 6.07) is 0. The summed E-state index contributed by atoms with van der Waals surface area (Å²) in [5.74, 6) is 0.704. The summed E-state index contributed by atoms with van der Waals surface area (Å²) < 4.78 is 5.15. The van der Waals surface area contributed by atoms with E-state index in [-0.39, 0.29) is 0 Å².